The van der Waals surface area contributed by atoms with Gasteiger partial charge in [-0.25, -0.2) is 0 Å². The molecule has 0 aromatic heterocycles. The SMILES string of the molecule is CC(=O)NCCOC(=O)C(Br)c1ccccc1. The molecule has 5 heteroatoms. The first-order valence-electron chi connectivity index (χ1n) is 5.21. The van der Waals surface area contributed by atoms with Crippen molar-refractivity contribution in [1.82, 2.24) is 5.32 Å². The van der Waals surface area contributed by atoms with Crippen LogP contribution in [0.25, 0.3) is 0 Å². The number of benzene rings is 1. The number of alkyl halides is 1. The molecule has 4 nitrogen and oxygen atoms in total. The summed E-state index contributed by atoms with van der Waals surface area (Å²) in [5.74, 6) is -0.499. The monoisotopic (exact) mass is 299 g/mol. The average molecular weight is 300 g/mol. The van der Waals surface area contributed by atoms with Gasteiger partial charge in [0, 0.05) is 6.92 Å². The number of hydrogen-bond acceptors (Lipinski definition) is 3. The van der Waals surface area contributed by atoms with Crippen molar-refractivity contribution >= 4 is 27.8 Å². The van der Waals surface area contributed by atoms with Crippen molar-refractivity contribution in [3.05, 3.63) is 35.9 Å². The molecule has 0 radical (unpaired) electrons. The van der Waals surface area contributed by atoms with E-state index in [2.05, 4.69) is 21.2 Å². The van der Waals surface area contributed by atoms with Crippen molar-refractivity contribution in [3.63, 3.8) is 0 Å². The van der Waals surface area contributed by atoms with Crippen molar-refractivity contribution in [2.45, 2.75) is 11.8 Å². The Morgan fingerprint density at radius 1 is 1.35 bits per heavy atom. The van der Waals surface area contributed by atoms with E-state index >= 15 is 0 Å². The number of amides is 1. The third-order valence-electron chi connectivity index (χ3n) is 2.02. The van der Waals surface area contributed by atoms with E-state index in [1.165, 1.54) is 6.92 Å². The summed E-state index contributed by atoms with van der Waals surface area (Å²) in [6.07, 6.45) is 0. The van der Waals surface area contributed by atoms with Gasteiger partial charge in [-0.3, -0.25) is 9.59 Å². The zero-order chi connectivity index (χ0) is 12.7. The molecule has 1 aromatic carbocycles. The number of ether oxygens (including phenoxy) is 1. The molecule has 0 spiro atoms. The number of carbonyl (C=O) groups is 2. The third-order valence-corrected chi connectivity index (χ3v) is 2.92. The quantitative estimate of drug-likeness (QED) is 0.512. The average Bonchev–Trinajstić information content (AvgIpc) is 2.34. The molecular weight excluding hydrogens is 286 g/mol. The largest absolute Gasteiger partial charge is 0.463 e. The topological polar surface area (TPSA) is 55.4 Å². The van der Waals surface area contributed by atoms with Gasteiger partial charge in [0.15, 0.2) is 0 Å². The van der Waals surface area contributed by atoms with Crippen LogP contribution < -0.4 is 5.32 Å². The predicted octanol–water partition coefficient (Wildman–Crippen LogP) is 1.80. The van der Waals surface area contributed by atoms with E-state index in [9.17, 15) is 9.59 Å². The molecule has 0 aliphatic carbocycles. The summed E-state index contributed by atoms with van der Waals surface area (Å²) in [6.45, 7) is 1.92. The molecule has 1 unspecified atom stereocenters. The molecule has 0 aliphatic rings. The van der Waals surface area contributed by atoms with Crippen LogP contribution >= 0.6 is 15.9 Å². The van der Waals surface area contributed by atoms with E-state index in [1.54, 1.807) is 0 Å². The van der Waals surface area contributed by atoms with Crippen LogP contribution in [0.1, 0.15) is 17.3 Å². The van der Waals surface area contributed by atoms with Crippen LogP contribution in [0.4, 0.5) is 0 Å². The molecule has 1 rings (SSSR count). The van der Waals surface area contributed by atoms with Crippen LogP contribution in [-0.2, 0) is 14.3 Å². The Bertz CT molecular complexity index is 381. The molecule has 0 bridgehead atoms. The highest BCUT2D eigenvalue weighted by molar-refractivity contribution is 9.09. The first kappa shape index (κ1) is 13.7. The van der Waals surface area contributed by atoms with Gasteiger partial charge in [-0.2, -0.15) is 0 Å². The van der Waals surface area contributed by atoms with Gasteiger partial charge in [0.05, 0.1) is 6.54 Å². The van der Waals surface area contributed by atoms with Crippen molar-refractivity contribution in [2.24, 2.45) is 0 Å². The van der Waals surface area contributed by atoms with Crippen molar-refractivity contribution in [2.75, 3.05) is 13.2 Å². The Morgan fingerprint density at radius 3 is 2.59 bits per heavy atom. The first-order chi connectivity index (χ1) is 8.11. The van der Waals surface area contributed by atoms with Crippen LogP contribution in [0.2, 0.25) is 0 Å². The smallest absolute Gasteiger partial charge is 0.324 e. The highest BCUT2D eigenvalue weighted by atomic mass is 79.9. The van der Waals surface area contributed by atoms with Crippen molar-refractivity contribution in [1.29, 1.82) is 0 Å². The summed E-state index contributed by atoms with van der Waals surface area (Å²) in [6, 6.07) is 9.27. The number of halogens is 1. The normalized spacial score (nSPS) is 11.6. The summed E-state index contributed by atoms with van der Waals surface area (Å²) < 4.78 is 5.01. The highest BCUT2D eigenvalue weighted by Crippen LogP contribution is 2.23. The van der Waals surface area contributed by atoms with Crippen LogP contribution in [-0.4, -0.2) is 25.0 Å². The summed E-state index contributed by atoms with van der Waals surface area (Å²) in [5.41, 5.74) is 0.844. The molecule has 0 fully saturated rings. The van der Waals surface area contributed by atoms with Crippen molar-refractivity contribution < 1.29 is 14.3 Å². The van der Waals surface area contributed by atoms with Gasteiger partial charge >= 0.3 is 5.97 Å². The van der Waals surface area contributed by atoms with Crippen LogP contribution in [0.5, 0.6) is 0 Å². The van der Waals surface area contributed by atoms with Gasteiger partial charge in [-0.05, 0) is 5.56 Å². The predicted molar refractivity (Wildman–Crippen MR) is 67.8 cm³/mol. The number of hydrogen-bond donors (Lipinski definition) is 1. The lowest BCUT2D eigenvalue weighted by Gasteiger charge is -2.10. The van der Waals surface area contributed by atoms with Gasteiger partial charge in [0.25, 0.3) is 0 Å². The van der Waals surface area contributed by atoms with Gasteiger partial charge in [0.1, 0.15) is 11.4 Å². The van der Waals surface area contributed by atoms with E-state index in [4.69, 9.17) is 4.74 Å². The fraction of sp³-hybridized carbons (Fsp3) is 0.333. The summed E-state index contributed by atoms with van der Waals surface area (Å²) in [4.78, 5) is 21.7. The van der Waals surface area contributed by atoms with Crippen molar-refractivity contribution in [3.8, 4) is 0 Å². The molecular formula is C12H14BrNO3. The minimum absolute atomic E-state index is 0.139. The molecule has 1 atom stereocenters. The molecule has 1 aromatic rings. The van der Waals surface area contributed by atoms with Crippen LogP contribution in [0.15, 0.2) is 30.3 Å². The zero-order valence-electron chi connectivity index (χ0n) is 9.48. The van der Waals surface area contributed by atoms with E-state index in [0.29, 0.717) is 6.54 Å². The number of esters is 1. The maximum absolute atomic E-state index is 11.6. The first-order valence-corrected chi connectivity index (χ1v) is 6.13. The second-order valence-electron chi connectivity index (χ2n) is 3.42. The highest BCUT2D eigenvalue weighted by Gasteiger charge is 2.17. The van der Waals surface area contributed by atoms with E-state index in [-0.39, 0.29) is 18.5 Å². The Balaban J connectivity index is 2.35. The van der Waals surface area contributed by atoms with Gasteiger partial charge in [-0.15, -0.1) is 0 Å². The molecule has 0 aliphatic heterocycles. The number of carbonyl (C=O) groups excluding carboxylic acids is 2. The Labute approximate surface area is 108 Å². The van der Waals surface area contributed by atoms with E-state index in [1.807, 2.05) is 30.3 Å². The maximum atomic E-state index is 11.6. The summed E-state index contributed by atoms with van der Waals surface area (Å²) >= 11 is 3.27. The fourth-order valence-corrected chi connectivity index (χ4v) is 1.65. The second-order valence-corrected chi connectivity index (χ2v) is 4.34. The maximum Gasteiger partial charge on any atom is 0.324 e. The Kier molecular flexibility index (Phi) is 5.69. The standard InChI is InChI=1S/C12H14BrNO3/c1-9(15)14-7-8-17-12(16)11(13)10-5-3-2-4-6-10/h2-6,11H,7-8H2,1H3,(H,14,15). The van der Waals surface area contributed by atoms with E-state index < -0.39 is 4.83 Å². The molecule has 1 N–H and O–H groups in total. The molecule has 17 heavy (non-hydrogen) atoms. The van der Waals surface area contributed by atoms with Gasteiger partial charge in [0.2, 0.25) is 5.91 Å². The Hall–Kier alpha value is -1.36. The summed E-state index contributed by atoms with van der Waals surface area (Å²) in [7, 11) is 0. The lowest BCUT2D eigenvalue weighted by Crippen LogP contribution is -2.26. The minimum Gasteiger partial charge on any atom is -0.463 e. The molecule has 0 saturated heterocycles. The lowest BCUT2D eigenvalue weighted by atomic mass is 10.1. The van der Waals surface area contributed by atoms with E-state index in [0.717, 1.165) is 5.56 Å². The van der Waals surface area contributed by atoms with Gasteiger partial charge < -0.3 is 10.1 Å². The number of rotatable bonds is 5. The van der Waals surface area contributed by atoms with Gasteiger partial charge in [-0.1, -0.05) is 46.3 Å². The zero-order valence-corrected chi connectivity index (χ0v) is 11.1. The second kappa shape index (κ2) is 7.06. The summed E-state index contributed by atoms with van der Waals surface area (Å²) in [5, 5.41) is 2.55. The molecule has 1 amide bonds. The third kappa shape index (κ3) is 4.99. The Morgan fingerprint density at radius 2 is 2.00 bits per heavy atom. The van der Waals surface area contributed by atoms with Crippen LogP contribution in [0, 0.1) is 0 Å². The lowest BCUT2D eigenvalue weighted by molar-refractivity contribution is -0.143. The minimum atomic E-state index is -0.471. The molecule has 0 saturated carbocycles. The fourth-order valence-electron chi connectivity index (χ4n) is 1.21. The molecule has 92 valence electrons. The van der Waals surface area contributed by atoms with Crippen LogP contribution in [0.3, 0.4) is 0 Å². The molecule has 0 heterocycles. The number of nitrogens with one attached hydrogen (secondary N) is 1.